The van der Waals surface area contributed by atoms with Gasteiger partial charge in [0.15, 0.2) is 0 Å². The van der Waals surface area contributed by atoms with Crippen LogP contribution in [0.4, 0.5) is 0 Å². The number of ether oxygens (including phenoxy) is 1. The van der Waals surface area contributed by atoms with Crippen molar-refractivity contribution in [1.29, 1.82) is 0 Å². The second kappa shape index (κ2) is 10.1. The van der Waals surface area contributed by atoms with Gasteiger partial charge in [-0.25, -0.2) is 5.14 Å². The van der Waals surface area contributed by atoms with Crippen molar-refractivity contribution < 1.29 is 22.1 Å². The summed E-state index contributed by atoms with van der Waals surface area (Å²) in [6.45, 7) is 3.81. The Morgan fingerprint density at radius 2 is 1.57 bits per heavy atom. The first-order chi connectivity index (χ1) is 9.73. The third-order valence-electron chi connectivity index (χ3n) is 4.08. The highest BCUT2D eigenvalue weighted by atomic mass is 32.2. The summed E-state index contributed by atoms with van der Waals surface area (Å²) in [5.41, 5.74) is 0. The number of fused-ring (bicyclic) bond motifs is 2. The Morgan fingerprint density at radius 3 is 1.67 bits per heavy atom. The Balaban J connectivity index is 0.000000289. The second-order valence-corrected chi connectivity index (χ2v) is 6.93. The van der Waals surface area contributed by atoms with Crippen LogP contribution < -0.4 is 5.14 Å². The van der Waals surface area contributed by atoms with Crippen molar-refractivity contribution in [2.45, 2.75) is 52.4 Å². The van der Waals surface area contributed by atoms with Crippen LogP contribution in [0.2, 0.25) is 0 Å². The molecule has 0 aliphatic heterocycles. The third kappa shape index (κ3) is 9.82. The lowest BCUT2D eigenvalue weighted by Crippen LogP contribution is -2.12. The van der Waals surface area contributed by atoms with Crippen molar-refractivity contribution in [1.82, 2.24) is 0 Å². The van der Waals surface area contributed by atoms with Crippen molar-refractivity contribution >= 4 is 16.3 Å². The summed E-state index contributed by atoms with van der Waals surface area (Å²) in [4.78, 5) is 10.5. The fraction of sp³-hybridized carbons (Fsp3) is 0.929. The van der Waals surface area contributed by atoms with Gasteiger partial charge in [-0.1, -0.05) is 39.5 Å². The van der Waals surface area contributed by atoms with E-state index in [2.05, 4.69) is 14.1 Å². The summed E-state index contributed by atoms with van der Waals surface area (Å²) in [5, 5.41) is 4.28. The predicted octanol–water partition coefficient (Wildman–Crippen LogP) is 2.24. The van der Waals surface area contributed by atoms with E-state index in [4.69, 9.17) is 0 Å². The highest BCUT2D eigenvalue weighted by Crippen LogP contribution is 2.43. The van der Waals surface area contributed by atoms with Gasteiger partial charge < -0.3 is 4.74 Å². The normalized spacial score (nSPS) is 24.2. The van der Waals surface area contributed by atoms with E-state index < -0.39 is 10.3 Å². The topological polar surface area (TPSA) is 95.7 Å². The standard InChI is InChI=1S/C7H12.C6H12O2.CH5NO3S/c1-2-7-4-3-6(1)5-7;1-4-5(2)6(7)8-3;1-5-6(2,3)4/h6-7H,1-5H2;5H,4H2,1-3H3;1H3,(H2,2,3,4). The van der Waals surface area contributed by atoms with Gasteiger partial charge in [-0.3, -0.25) is 8.98 Å². The summed E-state index contributed by atoms with van der Waals surface area (Å²) in [5.74, 6) is 2.28. The first-order valence-electron chi connectivity index (χ1n) is 7.39. The Morgan fingerprint density at radius 1 is 1.19 bits per heavy atom. The molecule has 1 atom stereocenters. The molecule has 2 saturated carbocycles. The number of carbonyl (C=O) groups is 1. The van der Waals surface area contributed by atoms with E-state index in [0.29, 0.717) is 0 Å². The fourth-order valence-corrected chi connectivity index (χ4v) is 2.54. The van der Waals surface area contributed by atoms with Crippen LogP contribution in [0.25, 0.3) is 0 Å². The molecular weight excluding hydrogens is 294 g/mol. The van der Waals surface area contributed by atoms with Crippen LogP contribution in [0.1, 0.15) is 52.4 Å². The molecule has 21 heavy (non-hydrogen) atoms. The minimum Gasteiger partial charge on any atom is -0.469 e. The maximum Gasteiger partial charge on any atom is 0.333 e. The van der Waals surface area contributed by atoms with Crippen LogP contribution in [0.15, 0.2) is 0 Å². The van der Waals surface area contributed by atoms with Crippen molar-refractivity contribution in [2.75, 3.05) is 14.2 Å². The molecule has 126 valence electrons. The number of nitrogens with two attached hydrogens (primary N) is 1. The van der Waals surface area contributed by atoms with E-state index >= 15 is 0 Å². The predicted molar refractivity (Wildman–Crippen MR) is 81.7 cm³/mol. The summed E-state index contributed by atoms with van der Waals surface area (Å²) in [7, 11) is -1.26. The quantitative estimate of drug-likeness (QED) is 0.804. The zero-order valence-electron chi connectivity index (χ0n) is 13.5. The maximum absolute atomic E-state index is 10.5. The van der Waals surface area contributed by atoms with E-state index in [1.807, 2.05) is 13.8 Å². The molecule has 0 aromatic rings. The van der Waals surface area contributed by atoms with Gasteiger partial charge in [-0.05, 0) is 24.7 Å². The second-order valence-electron chi connectivity index (χ2n) is 5.61. The molecule has 2 rings (SSSR count). The van der Waals surface area contributed by atoms with Crippen molar-refractivity contribution in [2.24, 2.45) is 22.9 Å². The molecule has 0 saturated heterocycles. The minimum atomic E-state index is -3.66. The van der Waals surface area contributed by atoms with Gasteiger partial charge in [0.25, 0.3) is 0 Å². The molecule has 2 N–H and O–H groups in total. The smallest absolute Gasteiger partial charge is 0.333 e. The number of hydrogen-bond donors (Lipinski definition) is 1. The Labute approximate surface area is 128 Å². The van der Waals surface area contributed by atoms with Gasteiger partial charge in [0.2, 0.25) is 0 Å². The number of hydrogen-bond acceptors (Lipinski definition) is 5. The largest absolute Gasteiger partial charge is 0.469 e. The van der Waals surface area contributed by atoms with E-state index in [1.165, 1.54) is 18.9 Å². The molecule has 0 radical (unpaired) electrons. The Hall–Kier alpha value is -0.660. The van der Waals surface area contributed by atoms with E-state index in [0.717, 1.165) is 13.5 Å². The SMILES string of the molecule is C1CC2CCC1C2.CCC(C)C(=O)OC.COS(N)(=O)=O. The zero-order chi connectivity index (χ0) is 16.5. The van der Waals surface area contributed by atoms with Gasteiger partial charge in [-0.15, -0.1) is 0 Å². The lowest BCUT2D eigenvalue weighted by atomic mass is 10.0. The van der Waals surface area contributed by atoms with Crippen LogP contribution in [0.3, 0.4) is 0 Å². The molecule has 2 aliphatic carbocycles. The van der Waals surface area contributed by atoms with Crippen molar-refractivity contribution in [3.8, 4) is 0 Å². The van der Waals surface area contributed by atoms with Gasteiger partial charge in [-0.2, -0.15) is 8.42 Å². The molecule has 0 amide bonds. The monoisotopic (exact) mass is 323 g/mol. The number of carbonyl (C=O) groups excluding carboxylic acids is 1. The molecular formula is C14H29NO5S. The molecule has 0 spiro atoms. The lowest BCUT2D eigenvalue weighted by Gasteiger charge is -2.05. The third-order valence-corrected chi connectivity index (χ3v) is 4.55. The number of methoxy groups -OCH3 is 1. The summed E-state index contributed by atoms with van der Waals surface area (Å²) in [6, 6.07) is 0. The molecule has 1 unspecified atom stereocenters. The van der Waals surface area contributed by atoms with Crippen LogP contribution in [0.5, 0.6) is 0 Å². The van der Waals surface area contributed by atoms with Crippen LogP contribution >= 0.6 is 0 Å². The van der Waals surface area contributed by atoms with E-state index in [-0.39, 0.29) is 11.9 Å². The molecule has 2 fully saturated rings. The average molecular weight is 323 g/mol. The Bertz CT molecular complexity index is 378. The van der Waals surface area contributed by atoms with Crippen molar-refractivity contribution in [3.05, 3.63) is 0 Å². The summed E-state index contributed by atoms with van der Waals surface area (Å²) < 4.78 is 27.3. The molecule has 2 aliphatic rings. The molecule has 0 aromatic heterocycles. The first-order valence-corrected chi connectivity index (χ1v) is 8.86. The lowest BCUT2D eigenvalue weighted by molar-refractivity contribution is -0.144. The molecule has 6 nitrogen and oxygen atoms in total. The van der Waals surface area contributed by atoms with Gasteiger partial charge in [0.05, 0.1) is 20.1 Å². The molecule has 0 aromatic carbocycles. The minimum absolute atomic E-state index is 0.0556. The zero-order valence-corrected chi connectivity index (χ0v) is 14.3. The Kier molecular flexibility index (Phi) is 9.81. The highest BCUT2D eigenvalue weighted by molar-refractivity contribution is 7.84. The fourth-order valence-electron chi connectivity index (χ4n) is 2.54. The van der Waals surface area contributed by atoms with Crippen molar-refractivity contribution in [3.63, 3.8) is 0 Å². The highest BCUT2D eigenvalue weighted by Gasteiger charge is 2.30. The molecule has 2 bridgehead atoms. The van der Waals surface area contributed by atoms with Crippen LogP contribution in [-0.2, 0) is 24.0 Å². The van der Waals surface area contributed by atoms with Crippen LogP contribution in [-0.4, -0.2) is 28.6 Å². The van der Waals surface area contributed by atoms with E-state index in [1.54, 1.807) is 32.1 Å². The van der Waals surface area contributed by atoms with Crippen LogP contribution in [0, 0.1) is 17.8 Å². The average Bonchev–Trinajstić information content (AvgIpc) is 3.11. The number of rotatable bonds is 3. The van der Waals surface area contributed by atoms with Gasteiger partial charge >= 0.3 is 16.3 Å². The molecule has 7 heteroatoms. The summed E-state index contributed by atoms with van der Waals surface area (Å²) >= 11 is 0. The first kappa shape index (κ1) is 20.3. The summed E-state index contributed by atoms with van der Waals surface area (Å²) in [6.07, 6.45) is 8.68. The number of esters is 1. The maximum atomic E-state index is 10.5. The van der Waals surface area contributed by atoms with Gasteiger partial charge in [0.1, 0.15) is 0 Å². The van der Waals surface area contributed by atoms with Gasteiger partial charge in [0, 0.05) is 0 Å². The molecule has 0 heterocycles. The van der Waals surface area contributed by atoms with E-state index in [9.17, 15) is 13.2 Å².